The maximum absolute atomic E-state index is 12.8. The van der Waals surface area contributed by atoms with Gasteiger partial charge in [0, 0.05) is 37.5 Å². The minimum absolute atomic E-state index is 0.0348. The van der Waals surface area contributed by atoms with Crippen LogP contribution in [0.3, 0.4) is 0 Å². The average Bonchev–Trinajstić information content (AvgIpc) is 3.43. The van der Waals surface area contributed by atoms with E-state index < -0.39 is 0 Å². The van der Waals surface area contributed by atoms with Crippen LogP contribution in [0.25, 0.3) is 16.9 Å². The highest BCUT2D eigenvalue weighted by molar-refractivity contribution is 7.00. The Balaban J connectivity index is 1.25. The van der Waals surface area contributed by atoms with Gasteiger partial charge in [-0.05, 0) is 31.9 Å². The van der Waals surface area contributed by atoms with Crippen molar-refractivity contribution in [1.82, 2.24) is 28.3 Å². The quantitative estimate of drug-likeness (QED) is 0.542. The summed E-state index contributed by atoms with van der Waals surface area (Å²) >= 11 is 1.15. The zero-order chi connectivity index (χ0) is 20.5. The molecule has 0 atom stereocenters. The second-order valence-corrected chi connectivity index (χ2v) is 7.80. The zero-order valence-corrected chi connectivity index (χ0v) is 17.2. The van der Waals surface area contributed by atoms with Crippen LogP contribution < -0.4 is 10.2 Å². The van der Waals surface area contributed by atoms with E-state index >= 15 is 0 Å². The third-order valence-electron chi connectivity index (χ3n) is 5.44. The first-order chi connectivity index (χ1) is 14.7. The Bertz CT molecular complexity index is 1190. The number of benzene rings is 1. The predicted molar refractivity (Wildman–Crippen MR) is 115 cm³/mol. The van der Waals surface area contributed by atoms with Crippen LogP contribution in [0.5, 0.6) is 0 Å². The lowest BCUT2D eigenvalue weighted by Crippen LogP contribution is -2.38. The third kappa shape index (κ3) is 3.50. The zero-order valence-electron chi connectivity index (χ0n) is 16.4. The minimum Gasteiger partial charge on any atom is -0.356 e. The molecule has 0 spiro atoms. The molecule has 0 saturated carbocycles. The third-order valence-corrected chi connectivity index (χ3v) is 5.99. The van der Waals surface area contributed by atoms with Crippen molar-refractivity contribution in [3.8, 4) is 5.82 Å². The van der Waals surface area contributed by atoms with Crippen molar-refractivity contribution in [1.29, 1.82) is 0 Å². The molecule has 5 rings (SSSR count). The van der Waals surface area contributed by atoms with Crippen LogP contribution in [0.1, 0.15) is 18.7 Å². The number of hydrogen-bond donors (Lipinski definition) is 1. The first kappa shape index (κ1) is 18.6. The van der Waals surface area contributed by atoms with Crippen LogP contribution in [-0.4, -0.2) is 47.3 Å². The maximum atomic E-state index is 12.8. The predicted octanol–water partition coefficient (Wildman–Crippen LogP) is 2.83. The van der Waals surface area contributed by atoms with Gasteiger partial charge in [-0.2, -0.15) is 8.75 Å². The molecule has 4 aromatic rings. The number of aromatic nitrogens is 6. The second-order valence-electron chi connectivity index (χ2n) is 7.27. The highest BCUT2D eigenvalue weighted by atomic mass is 32.1. The van der Waals surface area contributed by atoms with Gasteiger partial charge in [-0.1, -0.05) is 6.07 Å². The topological polar surface area (TPSA) is 102 Å². The summed E-state index contributed by atoms with van der Waals surface area (Å²) in [5.74, 6) is 2.53. The molecule has 0 aliphatic carbocycles. The van der Waals surface area contributed by atoms with Gasteiger partial charge in [0.2, 0.25) is 5.91 Å². The molecule has 152 valence electrons. The van der Waals surface area contributed by atoms with E-state index in [1.54, 1.807) is 12.5 Å². The Kier molecular flexibility index (Phi) is 4.83. The van der Waals surface area contributed by atoms with Crippen molar-refractivity contribution in [2.45, 2.75) is 19.8 Å². The van der Waals surface area contributed by atoms with Crippen LogP contribution in [0.15, 0.2) is 43.0 Å². The van der Waals surface area contributed by atoms with Crippen molar-refractivity contribution in [3.63, 3.8) is 0 Å². The monoisotopic (exact) mass is 420 g/mol. The summed E-state index contributed by atoms with van der Waals surface area (Å²) in [6.07, 6.45) is 6.74. The summed E-state index contributed by atoms with van der Waals surface area (Å²) in [7, 11) is 0. The van der Waals surface area contributed by atoms with Gasteiger partial charge in [-0.3, -0.25) is 9.36 Å². The molecule has 1 N–H and O–H groups in total. The SMILES string of the molecule is Cc1nccn1-c1cc(N2CCC(C(=O)Nc3cccc4nsnc34)CC2)ncn1. The van der Waals surface area contributed by atoms with Crippen LogP contribution in [0.4, 0.5) is 11.5 Å². The van der Waals surface area contributed by atoms with E-state index in [4.69, 9.17) is 0 Å². The first-order valence-corrected chi connectivity index (χ1v) is 10.5. The molecule has 1 aliphatic rings. The van der Waals surface area contributed by atoms with Crippen LogP contribution in [-0.2, 0) is 4.79 Å². The summed E-state index contributed by atoms with van der Waals surface area (Å²) in [6, 6.07) is 7.62. The lowest BCUT2D eigenvalue weighted by atomic mass is 9.95. The number of rotatable bonds is 4. The Morgan fingerprint density at radius 2 is 1.97 bits per heavy atom. The molecule has 1 aliphatic heterocycles. The van der Waals surface area contributed by atoms with Gasteiger partial charge in [0.1, 0.15) is 34.8 Å². The van der Waals surface area contributed by atoms with Gasteiger partial charge in [0.05, 0.1) is 17.4 Å². The number of nitrogens with one attached hydrogen (secondary N) is 1. The second kappa shape index (κ2) is 7.79. The molecule has 0 bridgehead atoms. The smallest absolute Gasteiger partial charge is 0.227 e. The number of fused-ring (bicyclic) bond motifs is 1. The number of carbonyl (C=O) groups is 1. The van der Waals surface area contributed by atoms with Crippen molar-refractivity contribution in [2.75, 3.05) is 23.3 Å². The molecule has 1 amide bonds. The van der Waals surface area contributed by atoms with E-state index in [9.17, 15) is 4.79 Å². The molecule has 0 radical (unpaired) electrons. The van der Waals surface area contributed by atoms with Gasteiger partial charge in [-0.25, -0.2) is 15.0 Å². The maximum Gasteiger partial charge on any atom is 0.227 e. The number of hydrogen-bond acceptors (Lipinski definition) is 8. The summed E-state index contributed by atoms with van der Waals surface area (Å²) < 4.78 is 10.4. The summed E-state index contributed by atoms with van der Waals surface area (Å²) in [5.41, 5.74) is 2.28. The van der Waals surface area contributed by atoms with E-state index in [-0.39, 0.29) is 11.8 Å². The van der Waals surface area contributed by atoms with E-state index in [1.807, 2.05) is 42.0 Å². The van der Waals surface area contributed by atoms with Gasteiger partial charge < -0.3 is 10.2 Å². The van der Waals surface area contributed by atoms with Crippen molar-refractivity contribution < 1.29 is 4.79 Å². The fourth-order valence-corrected chi connectivity index (χ4v) is 4.32. The van der Waals surface area contributed by atoms with E-state index in [1.165, 1.54) is 0 Å². The molecule has 1 saturated heterocycles. The number of anilines is 2. The lowest BCUT2D eigenvalue weighted by Gasteiger charge is -2.32. The lowest BCUT2D eigenvalue weighted by molar-refractivity contribution is -0.120. The van der Waals surface area contributed by atoms with Crippen molar-refractivity contribution in [2.24, 2.45) is 5.92 Å². The number of amides is 1. The largest absolute Gasteiger partial charge is 0.356 e. The van der Waals surface area contributed by atoms with Crippen LogP contribution >= 0.6 is 11.7 Å². The fourth-order valence-electron chi connectivity index (χ4n) is 3.77. The molecule has 0 unspecified atom stereocenters. The number of nitrogens with zero attached hydrogens (tertiary/aromatic N) is 7. The molecule has 10 heteroatoms. The van der Waals surface area contributed by atoms with Crippen LogP contribution in [0, 0.1) is 12.8 Å². The molecule has 1 fully saturated rings. The molecule has 4 heterocycles. The molecule has 9 nitrogen and oxygen atoms in total. The molecule has 1 aromatic carbocycles. The van der Waals surface area contributed by atoms with E-state index in [0.717, 1.165) is 71.8 Å². The Morgan fingerprint density at radius 1 is 1.13 bits per heavy atom. The molecule has 3 aromatic heterocycles. The van der Waals surface area contributed by atoms with E-state index in [2.05, 4.69) is 33.9 Å². The Hall–Kier alpha value is -3.40. The molecule has 30 heavy (non-hydrogen) atoms. The number of carbonyl (C=O) groups excluding carboxylic acids is 1. The normalized spacial score (nSPS) is 14.9. The van der Waals surface area contributed by atoms with Gasteiger partial charge >= 0.3 is 0 Å². The van der Waals surface area contributed by atoms with Crippen molar-refractivity contribution in [3.05, 3.63) is 48.8 Å². The molecular weight excluding hydrogens is 400 g/mol. The molecular formula is C20H20N8OS. The minimum atomic E-state index is -0.0414. The van der Waals surface area contributed by atoms with Gasteiger partial charge in [0.25, 0.3) is 0 Å². The Labute approximate surface area is 177 Å². The highest BCUT2D eigenvalue weighted by Crippen LogP contribution is 2.26. The average molecular weight is 421 g/mol. The summed E-state index contributed by atoms with van der Waals surface area (Å²) in [5, 5.41) is 3.04. The summed E-state index contributed by atoms with van der Waals surface area (Å²) in [6.45, 7) is 3.47. The van der Waals surface area contributed by atoms with Crippen molar-refractivity contribution >= 4 is 40.2 Å². The standard InChI is InChI=1S/C20H20N8OS/c1-13-21-7-10-28(13)18-11-17(22-12-23-18)27-8-5-14(6-9-27)20(29)24-15-3-2-4-16-19(15)26-30-25-16/h2-4,7,10-12,14H,5-6,8-9H2,1H3,(H,24,29). The van der Waals surface area contributed by atoms with Gasteiger partial charge in [0.15, 0.2) is 0 Å². The first-order valence-electron chi connectivity index (χ1n) is 9.78. The Morgan fingerprint density at radius 3 is 2.77 bits per heavy atom. The van der Waals surface area contributed by atoms with Crippen LogP contribution in [0.2, 0.25) is 0 Å². The highest BCUT2D eigenvalue weighted by Gasteiger charge is 2.26. The summed E-state index contributed by atoms with van der Waals surface area (Å²) in [4.78, 5) is 28.1. The number of aryl methyl sites for hydroxylation is 1. The number of piperidine rings is 1. The van der Waals surface area contributed by atoms with Gasteiger partial charge in [-0.15, -0.1) is 0 Å². The number of imidazole rings is 1. The van der Waals surface area contributed by atoms with E-state index in [0.29, 0.717) is 0 Å². The fraction of sp³-hybridized carbons (Fsp3) is 0.300.